The van der Waals surface area contributed by atoms with Crippen LogP contribution in [0, 0.1) is 11.3 Å². The first-order valence-electron chi connectivity index (χ1n) is 11.4. The normalized spacial score (nSPS) is 13.4. The summed E-state index contributed by atoms with van der Waals surface area (Å²) in [5, 5.41) is 11.6. The van der Waals surface area contributed by atoms with Crippen molar-refractivity contribution in [3.05, 3.63) is 88.5 Å². The topological polar surface area (TPSA) is 82.0 Å². The van der Waals surface area contributed by atoms with Gasteiger partial charge >= 0.3 is 0 Å². The molecule has 0 saturated heterocycles. The van der Waals surface area contributed by atoms with Crippen molar-refractivity contribution < 1.29 is 4.79 Å². The Morgan fingerprint density at radius 2 is 2.09 bits per heavy atom. The molecule has 1 aliphatic rings. The van der Waals surface area contributed by atoms with Gasteiger partial charge in [0, 0.05) is 54.0 Å². The molecule has 0 saturated carbocycles. The first-order chi connectivity index (χ1) is 16.5. The zero-order valence-corrected chi connectivity index (χ0v) is 20.1. The quantitative estimate of drug-likeness (QED) is 0.241. The van der Waals surface area contributed by atoms with Gasteiger partial charge in [0.15, 0.2) is 0 Å². The van der Waals surface area contributed by atoms with Crippen LogP contribution in [0.4, 0.5) is 0 Å². The molecule has 3 heterocycles. The molecule has 0 spiro atoms. The second-order valence-electron chi connectivity index (χ2n) is 8.77. The second kappa shape index (κ2) is 10.6. The van der Waals surface area contributed by atoms with E-state index >= 15 is 0 Å². The number of amides is 1. The highest BCUT2D eigenvalue weighted by molar-refractivity contribution is 6.29. The highest BCUT2D eigenvalue weighted by atomic mass is 35.5. The summed E-state index contributed by atoms with van der Waals surface area (Å²) in [4.78, 5) is 23.9. The Kier molecular flexibility index (Phi) is 7.38. The van der Waals surface area contributed by atoms with E-state index in [1.807, 2.05) is 48.7 Å². The van der Waals surface area contributed by atoms with E-state index in [4.69, 9.17) is 17.0 Å². The molecular formula is C27H28ClN5O. The van der Waals surface area contributed by atoms with Gasteiger partial charge in [-0.25, -0.2) is 4.98 Å². The van der Waals surface area contributed by atoms with E-state index in [1.54, 1.807) is 17.2 Å². The van der Waals surface area contributed by atoms with Crippen molar-refractivity contribution in [2.45, 2.75) is 33.4 Å². The summed E-state index contributed by atoms with van der Waals surface area (Å²) in [7, 11) is 0. The molecule has 0 bridgehead atoms. The maximum Gasteiger partial charge on any atom is 0.254 e. The number of carbonyl (C=O) groups is 1. The fraction of sp³-hybridized carbons (Fsp3) is 0.259. The minimum absolute atomic E-state index is 0.0238. The third-order valence-electron chi connectivity index (χ3n) is 5.79. The van der Waals surface area contributed by atoms with E-state index < -0.39 is 0 Å². The number of nitrogens with zero attached hydrogens (tertiary/aromatic N) is 3. The van der Waals surface area contributed by atoms with E-state index in [0.717, 1.165) is 35.3 Å². The molecule has 1 aromatic carbocycles. The number of nitrogens with one attached hydrogen (secondary N) is 2. The van der Waals surface area contributed by atoms with Crippen molar-refractivity contribution in [2.24, 2.45) is 5.92 Å². The van der Waals surface area contributed by atoms with E-state index in [0.29, 0.717) is 41.0 Å². The van der Waals surface area contributed by atoms with Gasteiger partial charge in [0.05, 0.1) is 17.9 Å². The number of rotatable bonds is 9. The third-order valence-corrected chi connectivity index (χ3v) is 6.00. The summed E-state index contributed by atoms with van der Waals surface area (Å²) >= 11 is 6.25. The molecular weight excluding hydrogens is 446 g/mol. The third kappa shape index (κ3) is 5.34. The van der Waals surface area contributed by atoms with E-state index in [2.05, 4.69) is 29.1 Å². The van der Waals surface area contributed by atoms with Crippen LogP contribution in [0.25, 0.3) is 16.8 Å². The van der Waals surface area contributed by atoms with Crippen LogP contribution >= 0.6 is 11.6 Å². The zero-order valence-electron chi connectivity index (χ0n) is 19.4. The lowest BCUT2D eigenvalue weighted by molar-refractivity contribution is 0.0764. The lowest BCUT2D eigenvalue weighted by Crippen LogP contribution is -2.23. The van der Waals surface area contributed by atoms with Crippen molar-refractivity contribution >= 4 is 29.3 Å². The fourth-order valence-electron chi connectivity index (χ4n) is 3.96. The van der Waals surface area contributed by atoms with Crippen molar-refractivity contribution in [3.8, 4) is 11.3 Å². The van der Waals surface area contributed by atoms with Crippen LogP contribution < -0.4 is 5.32 Å². The molecule has 3 aromatic rings. The van der Waals surface area contributed by atoms with E-state index in [9.17, 15) is 4.79 Å². The standard InChI is InChI=1S/C27H28ClN5O/c1-18(2)10-12-30-15-21(14-29)23-8-9-25(28)32-26(23)19-6-7-20-16-33(27(34)24(20)13-19)17-22-5-3-4-11-31-22/h3-9,11,13-15,18,29-30H,10,12,16-17H2,1-2H3/b21-15+,29-14?. The second-order valence-corrected chi connectivity index (χ2v) is 9.15. The molecule has 2 N–H and O–H groups in total. The number of fused-ring (bicyclic) bond motifs is 1. The van der Waals surface area contributed by atoms with Gasteiger partial charge in [0.2, 0.25) is 0 Å². The Morgan fingerprint density at radius 3 is 2.82 bits per heavy atom. The van der Waals surface area contributed by atoms with Crippen LogP contribution in [0.1, 0.15) is 47.4 Å². The average Bonchev–Trinajstić information content (AvgIpc) is 3.14. The summed E-state index contributed by atoms with van der Waals surface area (Å²) in [6.07, 6.45) is 5.93. The van der Waals surface area contributed by atoms with Crippen LogP contribution in [0.3, 0.4) is 0 Å². The zero-order chi connectivity index (χ0) is 24.1. The summed E-state index contributed by atoms with van der Waals surface area (Å²) < 4.78 is 0. The highest BCUT2D eigenvalue weighted by Gasteiger charge is 2.28. The first kappa shape index (κ1) is 23.6. The molecule has 0 fully saturated rings. The molecule has 2 aromatic heterocycles. The summed E-state index contributed by atoms with van der Waals surface area (Å²) in [5.41, 5.74) is 5.42. The van der Waals surface area contributed by atoms with Crippen molar-refractivity contribution in [2.75, 3.05) is 6.54 Å². The van der Waals surface area contributed by atoms with Crippen LogP contribution in [-0.2, 0) is 13.1 Å². The maximum atomic E-state index is 13.2. The summed E-state index contributed by atoms with van der Waals surface area (Å²) in [6, 6.07) is 15.1. The molecule has 0 aliphatic carbocycles. The number of pyridine rings is 2. The monoisotopic (exact) mass is 473 g/mol. The van der Waals surface area contributed by atoms with Crippen molar-refractivity contribution in [1.29, 1.82) is 5.41 Å². The van der Waals surface area contributed by atoms with Gasteiger partial charge < -0.3 is 15.6 Å². The Hall–Kier alpha value is -3.51. The number of aromatic nitrogens is 2. The molecule has 7 heteroatoms. The number of hydrogen-bond acceptors (Lipinski definition) is 5. The molecule has 1 aliphatic heterocycles. The SMILES string of the molecule is CC(C)CCN/C=C(\C=N)c1ccc(Cl)nc1-c1ccc2c(c1)C(=O)N(Cc1ccccn1)C2. The van der Waals surface area contributed by atoms with Crippen LogP contribution in [0.5, 0.6) is 0 Å². The number of allylic oxidation sites excluding steroid dienone is 1. The molecule has 0 unspecified atom stereocenters. The van der Waals surface area contributed by atoms with Gasteiger partial charge in [0.25, 0.3) is 5.91 Å². The van der Waals surface area contributed by atoms with Gasteiger partial charge in [-0.3, -0.25) is 9.78 Å². The maximum absolute atomic E-state index is 13.2. The van der Waals surface area contributed by atoms with Crippen LogP contribution in [0.2, 0.25) is 5.15 Å². The minimum Gasteiger partial charge on any atom is -0.390 e. The van der Waals surface area contributed by atoms with Gasteiger partial charge in [-0.15, -0.1) is 0 Å². The average molecular weight is 474 g/mol. The fourth-order valence-corrected chi connectivity index (χ4v) is 4.11. The Balaban J connectivity index is 1.63. The minimum atomic E-state index is -0.0238. The van der Waals surface area contributed by atoms with Crippen LogP contribution in [0.15, 0.2) is 60.9 Å². The first-order valence-corrected chi connectivity index (χ1v) is 11.8. The molecule has 4 rings (SSSR count). The molecule has 1 amide bonds. The summed E-state index contributed by atoms with van der Waals surface area (Å²) in [5.74, 6) is 0.572. The Bertz CT molecular complexity index is 1220. The Morgan fingerprint density at radius 1 is 1.24 bits per heavy atom. The van der Waals surface area contributed by atoms with Gasteiger partial charge in [-0.1, -0.05) is 43.6 Å². The van der Waals surface area contributed by atoms with E-state index in [1.165, 1.54) is 6.21 Å². The lowest BCUT2D eigenvalue weighted by atomic mass is 9.97. The van der Waals surface area contributed by atoms with Gasteiger partial charge in [-0.05, 0) is 48.2 Å². The molecule has 0 radical (unpaired) electrons. The summed E-state index contributed by atoms with van der Waals surface area (Å²) in [6.45, 7) is 6.19. The van der Waals surface area contributed by atoms with E-state index in [-0.39, 0.29) is 5.91 Å². The highest BCUT2D eigenvalue weighted by Crippen LogP contribution is 2.32. The van der Waals surface area contributed by atoms with Crippen molar-refractivity contribution in [3.63, 3.8) is 0 Å². The number of carbonyl (C=O) groups excluding carboxylic acids is 1. The van der Waals surface area contributed by atoms with Crippen molar-refractivity contribution in [1.82, 2.24) is 20.2 Å². The molecule has 34 heavy (non-hydrogen) atoms. The van der Waals surface area contributed by atoms with Gasteiger partial charge in [0.1, 0.15) is 5.15 Å². The predicted molar refractivity (Wildman–Crippen MR) is 137 cm³/mol. The molecule has 6 nitrogen and oxygen atoms in total. The number of halogens is 1. The smallest absolute Gasteiger partial charge is 0.254 e. The Labute approximate surface area is 205 Å². The molecule has 174 valence electrons. The lowest BCUT2D eigenvalue weighted by Gasteiger charge is -2.14. The number of benzene rings is 1. The number of hydrogen-bond donors (Lipinski definition) is 2. The largest absolute Gasteiger partial charge is 0.390 e. The predicted octanol–water partition coefficient (Wildman–Crippen LogP) is 5.58. The van der Waals surface area contributed by atoms with Crippen LogP contribution in [-0.4, -0.2) is 33.5 Å². The molecule has 0 atom stereocenters. The van der Waals surface area contributed by atoms with Gasteiger partial charge in [-0.2, -0.15) is 0 Å².